The summed E-state index contributed by atoms with van der Waals surface area (Å²) in [6.07, 6.45) is 0. The third kappa shape index (κ3) is 1.87. The summed E-state index contributed by atoms with van der Waals surface area (Å²) >= 11 is 0. The van der Waals surface area contributed by atoms with E-state index in [1.807, 2.05) is 31.2 Å². The number of benzene rings is 1. The maximum Gasteiger partial charge on any atom is 0.134 e. The van der Waals surface area contributed by atoms with Gasteiger partial charge in [0.05, 0.1) is 0 Å². The largest absolute Gasteiger partial charge is 0.459 e. The van der Waals surface area contributed by atoms with Crippen molar-refractivity contribution in [1.82, 2.24) is 0 Å². The number of rotatable bonds is 2. The van der Waals surface area contributed by atoms with Gasteiger partial charge in [-0.3, -0.25) is 0 Å². The van der Waals surface area contributed by atoms with Gasteiger partial charge in [-0.25, -0.2) is 0 Å². The number of aliphatic hydroxyl groups is 1. The van der Waals surface area contributed by atoms with Gasteiger partial charge in [0.2, 0.25) is 0 Å². The molecule has 1 aromatic heterocycles. The number of nitrogen functional groups attached to an aromatic ring is 1. The molecule has 0 atom stereocenters. The van der Waals surface area contributed by atoms with Crippen molar-refractivity contribution in [3.05, 3.63) is 41.7 Å². The second kappa shape index (κ2) is 3.79. The molecule has 0 radical (unpaired) electrons. The maximum atomic E-state index is 8.90. The van der Waals surface area contributed by atoms with Crippen LogP contribution in [0.2, 0.25) is 0 Å². The molecule has 1 aromatic carbocycles. The highest BCUT2D eigenvalue weighted by atomic mass is 16.4. The smallest absolute Gasteiger partial charge is 0.134 e. The van der Waals surface area contributed by atoms with E-state index in [1.54, 1.807) is 6.07 Å². The van der Waals surface area contributed by atoms with Gasteiger partial charge in [-0.05, 0) is 42.8 Å². The average molecular weight is 203 g/mol. The summed E-state index contributed by atoms with van der Waals surface area (Å²) in [7, 11) is 0. The Morgan fingerprint density at radius 1 is 1.27 bits per heavy atom. The molecule has 0 bridgehead atoms. The fourth-order valence-corrected chi connectivity index (χ4v) is 1.57. The van der Waals surface area contributed by atoms with E-state index in [4.69, 9.17) is 15.3 Å². The van der Waals surface area contributed by atoms with Crippen LogP contribution >= 0.6 is 0 Å². The first kappa shape index (κ1) is 9.80. The monoisotopic (exact) mass is 203 g/mol. The van der Waals surface area contributed by atoms with Crippen molar-refractivity contribution in [1.29, 1.82) is 0 Å². The summed E-state index contributed by atoms with van der Waals surface area (Å²) in [5.41, 5.74) is 8.47. The molecule has 0 aliphatic rings. The summed E-state index contributed by atoms with van der Waals surface area (Å²) in [5.74, 6) is 1.33. The highest BCUT2D eigenvalue weighted by Gasteiger charge is 2.06. The Bertz CT molecular complexity index is 474. The van der Waals surface area contributed by atoms with Gasteiger partial charge in [0.25, 0.3) is 0 Å². The molecule has 1 heterocycles. The van der Waals surface area contributed by atoms with Crippen molar-refractivity contribution < 1.29 is 9.52 Å². The molecule has 3 heteroatoms. The summed E-state index contributed by atoms with van der Waals surface area (Å²) in [5, 5.41) is 8.90. The van der Waals surface area contributed by atoms with Crippen LogP contribution in [0.15, 0.2) is 34.7 Å². The zero-order valence-electron chi connectivity index (χ0n) is 8.53. The second-order valence-corrected chi connectivity index (χ2v) is 3.50. The third-order valence-corrected chi connectivity index (χ3v) is 2.33. The minimum atomic E-state index is -0.0754. The standard InChI is InChI=1S/C12H13NO2/c1-8-6-9(13)2-4-11(8)12-5-3-10(7-14)15-12/h2-6,14H,7,13H2,1H3. The first-order chi connectivity index (χ1) is 7.20. The number of aryl methyl sites for hydroxylation is 1. The normalized spacial score (nSPS) is 10.5. The first-order valence-corrected chi connectivity index (χ1v) is 4.77. The van der Waals surface area contributed by atoms with E-state index in [0.717, 1.165) is 22.6 Å². The lowest BCUT2D eigenvalue weighted by atomic mass is 10.1. The van der Waals surface area contributed by atoms with E-state index in [-0.39, 0.29) is 6.61 Å². The number of furan rings is 1. The van der Waals surface area contributed by atoms with Crippen molar-refractivity contribution in [3.8, 4) is 11.3 Å². The molecule has 0 aliphatic heterocycles. The van der Waals surface area contributed by atoms with Crippen LogP contribution in [-0.4, -0.2) is 5.11 Å². The Hall–Kier alpha value is -1.74. The molecule has 0 aliphatic carbocycles. The van der Waals surface area contributed by atoms with Gasteiger partial charge in [0, 0.05) is 11.3 Å². The van der Waals surface area contributed by atoms with E-state index >= 15 is 0 Å². The Morgan fingerprint density at radius 2 is 2.07 bits per heavy atom. The Balaban J connectivity index is 2.44. The molecule has 3 N–H and O–H groups in total. The highest BCUT2D eigenvalue weighted by molar-refractivity contribution is 5.65. The minimum absolute atomic E-state index is 0.0754. The van der Waals surface area contributed by atoms with Crippen LogP contribution in [-0.2, 0) is 6.61 Å². The average Bonchev–Trinajstić information content (AvgIpc) is 2.66. The first-order valence-electron chi connectivity index (χ1n) is 4.77. The zero-order valence-corrected chi connectivity index (χ0v) is 8.53. The summed E-state index contributed by atoms with van der Waals surface area (Å²) < 4.78 is 5.45. The molecule has 0 fully saturated rings. The molecular weight excluding hydrogens is 190 g/mol. The number of hydrogen-bond acceptors (Lipinski definition) is 3. The predicted molar refractivity (Wildman–Crippen MR) is 59.2 cm³/mol. The molecule has 15 heavy (non-hydrogen) atoms. The van der Waals surface area contributed by atoms with Gasteiger partial charge in [0.1, 0.15) is 18.1 Å². The van der Waals surface area contributed by atoms with Crippen LogP contribution < -0.4 is 5.73 Å². The molecule has 0 saturated carbocycles. The van der Waals surface area contributed by atoms with Gasteiger partial charge >= 0.3 is 0 Å². The van der Waals surface area contributed by atoms with Gasteiger partial charge in [0.15, 0.2) is 0 Å². The van der Waals surface area contributed by atoms with Crippen molar-refractivity contribution >= 4 is 5.69 Å². The van der Waals surface area contributed by atoms with Crippen LogP contribution in [0, 0.1) is 6.92 Å². The van der Waals surface area contributed by atoms with E-state index in [0.29, 0.717) is 5.76 Å². The van der Waals surface area contributed by atoms with Crippen LogP contribution in [0.5, 0.6) is 0 Å². The summed E-state index contributed by atoms with van der Waals surface area (Å²) in [4.78, 5) is 0. The molecule has 2 aromatic rings. The Morgan fingerprint density at radius 3 is 2.67 bits per heavy atom. The van der Waals surface area contributed by atoms with E-state index < -0.39 is 0 Å². The maximum absolute atomic E-state index is 8.90. The van der Waals surface area contributed by atoms with E-state index in [9.17, 15) is 0 Å². The van der Waals surface area contributed by atoms with Gasteiger partial charge in [-0.2, -0.15) is 0 Å². The molecule has 0 saturated heterocycles. The minimum Gasteiger partial charge on any atom is -0.459 e. The molecule has 78 valence electrons. The molecule has 2 rings (SSSR count). The quantitative estimate of drug-likeness (QED) is 0.736. The van der Waals surface area contributed by atoms with Gasteiger partial charge in [-0.1, -0.05) is 0 Å². The molecule has 0 spiro atoms. The van der Waals surface area contributed by atoms with E-state index in [2.05, 4.69) is 0 Å². The molecule has 0 unspecified atom stereocenters. The fourth-order valence-electron chi connectivity index (χ4n) is 1.57. The number of nitrogens with two attached hydrogens (primary N) is 1. The van der Waals surface area contributed by atoms with Crippen LogP contribution in [0.1, 0.15) is 11.3 Å². The highest BCUT2D eigenvalue weighted by Crippen LogP contribution is 2.26. The lowest BCUT2D eigenvalue weighted by molar-refractivity contribution is 0.248. The van der Waals surface area contributed by atoms with Gasteiger partial charge < -0.3 is 15.3 Å². The van der Waals surface area contributed by atoms with Crippen molar-refractivity contribution in [3.63, 3.8) is 0 Å². The number of anilines is 1. The van der Waals surface area contributed by atoms with Gasteiger partial charge in [-0.15, -0.1) is 0 Å². The van der Waals surface area contributed by atoms with Crippen LogP contribution in [0.25, 0.3) is 11.3 Å². The SMILES string of the molecule is Cc1cc(N)ccc1-c1ccc(CO)o1. The van der Waals surface area contributed by atoms with Crippen molar-refractivity contribution in [2.24, 2.45) is 0 Å². The van der Waals surface area contributed by atoms with Crippen LogP contribution in [0.3, 0.4) is 0 Å². The lowest BCUT2D eigenvalue weighted by Gasteiger charge is -2.03. The molecular formula is C12H13NO2. The zero-order chi connectivity index (χ0) is 10.8. The molecule has 0 amide bonds. The van der Waals surface area contributed by atoms with Crippen LogP contribution in [0.4, 0.5) is 5.69 Å². The second-order valence-electron chi connectivity index (χ2n) is 3.50. The third-order valence-electron chi connectivity index (χ3n) is 2.33. The fraction of sp³-hybridized carbons (Fsp3) is 0.167. The molecule has 3 nitrogen and oxygen atoms in total. The van der Waals surface area contributed by atoms with E-state index in [1.165, 1.54) is 0 Å². The van der Waals surface area contributed by atoms with Crippen molar-refractivity contribution in [2.75, 3.05) is 5.73 Å². The number of aliphatic hydroxyl groups excluding tert-OH is 1. The predicted octanol–water partition coefficient (Wildman–Crippen LogP) is 2.33. The Kier molecular flexibility index (Phi) is 2.47. The topological polar surface area (TPSA) is 59.4 Å². The Labute approximate surface area is 88.1 Å². The summed E-state index contributed by atoms with van der Waals surface area (Å²) in [6, 6.07) is 9.28. The lowest BCUT2D eigenvalue weighted by Crippen LogP contribution is -1.87. The summed E-state index contributed by atoms with van der Waals surface area (Å²) in [6.45, 7) is 1.90. The van der Waals surface area contributed by atoms with Crippen molar-refractivity contribution in [2.45, 2.75) is 13.5 Å². The number of hydrogen-bond donors (Lipinski definition) is 2.